The number of carbonyl (C=O) groups excluding carboxylic acids is 1. The molecule has 2 aromatic carbocycles. The molecule has 6 nitrogen and oxygen atoms in total. The van der Waals surface area contributed by atoms with Gasteiger partial charge in [0.15, 0.2) is 12.4 Å². The van der Waals surface area contributed by atoms with Gasteiger partial charge in [0.1, 0.15) is 5.82 Å². The predicted molar refractivity (Wildman–Crippen MR) is 104 cm³/mol. The number of rotatable bonds is 7. The van der Waals surface area contributed by atoms with E-state index in [1.807, 2.05) is 17.5 Å². The molecule has 0 bridgehead atoms. The second-order valence-electron chi connectivity index (χ2n) is 5.73. The highest BCUT2D eigenvalue weighted by atomic mass is 35.5. The summed E-state index contributed by atoms with van der Waals surface area (Å²) in [5.74, 6) is -0.913. The zero-order valence-electron chi connectivity index (χ0n) is 14.3. The molecule has 28 heavy (non-hydrogen) atoms. The van der Waals surface area contributed by atoms with E-state index >= 15 is 0 Å². The van der Waals surface area contributed by atoms with Gasteiger partial charge in [0.25, 0.3) is 5.91 Å². The third kappa shape index (κ3) is 4.85. The summed E-state index contributed by atoms with van der Waals surface area (Å²) in [6.07, 6.45) is 0. The maximum absolute atomic E-state index is 13.2. The first-order valence-corrected chi connectivity index (χ1v) is 9.35. The van der Waals surface area contributed by atoms with Crippen LogP contribution in [0.1, 0.15) is 16.5 Å². The topological polar surface area (TPSA) is 81.5 Å². The van der Waals surface area contributed by atoms with Crippen molar-refractivity contribution in [3.63, 3.8) is 0 Å². The average Bonchev–Trinajstić information content (AvgIpc) is 3.20. The maximum Gasteiger partial charge on any atom is 0.312 e. The number of nitro groups is 1. The van der Waals surface area contributed by atoms with Gasteiger partial charge >= 0.3 is 5.69 Å². The lowest BCUT2D eigenvalue weighted by Crippen LogP contribution is -2.33. The van der Waals surface area contributed by atoms with Crippen LogP contribution in [-0.2, 0) is 4.79 Å². The molecule has 3 rings (SSSR count). The molecule has 3 aromatic rings. The van der Waals surface area contributed by atoms with E-state index < -0.39 is 23.5 Å². The molecule has 0 saturated carbocycles. The Morgan fingerprint density at radius 2 is 2.00 bits per heavy atom. The van der Waals surface area contributed by atoms with Crippen molar-refractivity contribution >= 4 is 34.5 Å². The van der Waals surface area contributed by atoms with Crippen LogP contribution in [0.5, 0.6) is 5.75 Å². The highest BCUT2D eigenvalue weighted by Crippen LogP contribution is 2.30. The number of halogens is 2. The fourth-order valence-electron chi connectivity index (χ4n) is 2.53. The number of amides is 1. The van der Waals surface area contributed by atoms with Gasteiger partial charge in [-0.2, -0.15) is 0 Å². The molecule has 0 aliphatic carbocycles. The number of carbonyl (C=O) groups is 1. The van der Waals surface area contributed by atoms with Crippen molar-refractivity contribution < 1.29 is 18.8 Å². The highest BCUT2D eigenvalue weighted by Gasteiger charge is 2.20. The lowest BCUT2D eigenvalue weighted by atomic mass is 10.1. The highest BCUT2D eigenvalue weighted by molar-refractivity contribution is 7.10. The Bertz CT molecular complexity index is 980. The normalized spacial score (nSPS) is 11.6. The summed E-state index contributed by atoms with van der Waals surface area (Å²) >= 11 is 7.20. The van der Waals surface area contributed by atoms with Gasteiger partial charge in [0, 0.05) is 16.0 Å². The van der Waals surface area contributed by atoms with Crippen molar-refractivity contribution in [3.05, 3.63) is 91.4 Å². The summed E-state index contributed by atoms with van der Waals surface area (Å²) in [5.41, 5.74) is 0.378. The summed E-state index contributed by atoms with van der Waals surface area (Å²) in [7, 11) is 0. The summed E-state index contributed by atoms with van der Waals surface area (Å²) in [6.45, 7) is -0.425. The van der Waals surface area contributed by atoms with Gasteiger partial charge in [-0.1, -0.05) is 29.8 Å². The van der Waals surface area contributed by atoms with Crippen LogP contribution >= 0.6 is 22.9 Å². The number of nitrogens with zero attached hydrogens (tertiary/aromatic N) is 1. The quantitative estimate of drug-likeness (QED) is 0.442. The fourth-order valence-corrected chi connectivity index (χ4v) is 3.50. The van der Waals surface area contributed by atoms with Crippen molar-refractivity contribution in [2.75, 3.05) is 6.61 Å². The van der Waals surface area contributed by atoms with Gasteiger partial charge in [0.2, 0.25) is 0 Å². The maximum atomic E-state index is 13.2. The Hall–Kier alpha value is -2.97. The van der Waals surface area contributed by atoms with Gasteiger partial charge in [-0.25, -0.2) is 4.39 Å². The molecule has 1 heterocycles. The van der Waals surface area contributed by atoms with E-state index in [0.717, 1.165) is 10.9 Å². The van der Waals surface area contributed by atoms with Gasteiger partial charge in [-0.15, -0.1) is 11.3 Å². The number of thiophene rings is 1. The molecule has 0 saturated heterocycles. The second-order valence-corrected chi connectivity index (χ2v) is 7.14. The summed E-state index contributed by atoms with van der Waals surface area (Å²) in [4.78, 5) is 23.7. The van der Waals surface area contributed by atoms with Crippen LogP contribution in [0.4, 0.5) is 10.1 Å². The smallest absolute Gasteiger partial charge is 0.312 e. The number of nitrogens with one attached hydrogen (secondary N) is 1. The molecule has 1 aromatic heterocycles. The molecule has 1 N–H and O–H groups in total. The molecule has 0 fully saturated rings. The van der Waals surface area contributed by atoms with Gasteiger partial charge in [0.05, 0.1) is 11.0 Å². The zero-order valence-corrected chi connectivity index (χ0v) is 15.9. The third-order valence-electron chi connectivity index (χ3n) is 3.81. The number of benzene rings is 2. The molecule has 1 amide bonds. The van der Waals surface area contributed by atoms with E-state index in [1.54, 1.807) is 12.1 Å². The summed E-state index contributed by atoms with van der Waals surface area (Å²) in [6, 6.07) is 12.9. The van der Waals surface area contributed by atoms with Gasteiger partial charge in [-0.3, -0.25) is 14.9 Å². The Labute approximate surface area is 168 Å². The summed E-state index contributed by atoms with van der Waals surface area (Å²) in [5, 5.41) is 16.0. The second kappa shape index (κ2) is 8.81. The first-order chi connectivity index (χ1) is 13.4. The molecular weight excluding hydrogens is 407 g/mol. The molecule has 0 aliphatic heterocycles. The van der Waals surface area contributed by atoms with E-state index in [0.29, 0.717) is 5.56 Å². The standard InChI is InChI=1S/C19H14ClFN2O4S/c20-13-5-8-16(15(10-13)23(25)26)27-11-18(24)22-19(17-2-1-9-28-17)12-3-6-14(21)7-4-12/h1-10,19H,11H2,(H,22,24). The molecular formula is C19H14ClFN2O4S. The monoisotopic (exact) mass is 420 g/mol. The lowest BCUT2D eigenvalue weighted by molar-refractivity contribution is -0.385. The largest absolute Gasteiger partial charge is 0.477 e. The minimum atomic E-state index is -0.633. The Kier molecular flexibility index (Phi) is 6.23. The average molecular weight is 421 g/mol. The van der Waals surface area contributed by atoms with E-state index in [4.69, 9.17) is 16.3 Å². The number of ether oxygens (including phenoxy) is 1. The Morgan fingerprint density at radius 3 is 2.64 bits per heavy atom. The molecule has 144 valence electrons. The minimum absolute atomic E-state index is 0.0565. The van der Waals surface area contributed by atoms with Crippen molar-refractivity contribution in [2.45, 2.75) is 6.04 Å². The van der Waals surface area contributed by atoms with Crippen LogP contribution in [0.3, 0.4) is 0 Å². The Balaban J connectivity index is 1.73. The molecule has 9 heteroatoms. The third-order valence-corrected chi connectivity index (χ3v) is 4.99. The van der Waals surface area contributed by atoms with Crippen molar-refractivity contribution in [2.24, 2.45) is 0 Å². The summed E-state index contributed by atoms with van der Waals surface area (Å²) < 4.78 is 18.5. The van der Waals surface area contributed by atoms with Gasteiger partial charge in [-0.05, 0) is 41.3 Å². The van der Waals surface area contributed by atoms with E-state index in [2.05, 4.69) is 5.32 Å². The van der Waals surface area contributed by atoms with E-state index in [9.17, 15) is 19.3 Å². The number of nitro benzene ring substituents is 1. The first kappa shape index (κ1) is 19.8. The first-order valence-electron chi connectivity index (χ1n) is 8.09. The van der Waals surface area contributed by atoms with Crippen LogP contribution in [0.2, 0.25) is 5.02 Å². The molecule has 0 radical (unpaired) electrons. The van der Waals surface area contributed by atoms with Crippen LogP contribution in [0.25, 0.3) is 0 Å². The van der Waals surface area contributed by atoms with E-state index in [1.165, 1.54) is 35.6 Å². The lowest BCUT2D eigenvalue weighted by Gasteiger charge is -2.18. The Morgan fingerprint density at radius 1 is 1.25 bits per heavy atom. The van der Waals surface area contributed by atoms with Gasteiger partial charge < -0.3 is 10.1 Å². The zero-order chi connectivity index (χ0) is 20.1. The van der Waals surface area contributed by atoms with Crippen molar-refractivity contribution in [1.82, 2.24) is 5.32 Å². The molecule has 1 atom stereocenters. The van der Waals surface area contributed by atoms with E-state index in [-0.39, 0.29) is 22.3 Å². The van der Waals surface area contributed by atoms with Crippen molar-refractivity contribution in [3.8, 4) is 5.75 Å². The predicted octanol–water partition coefficient (Wildman–Crippen LogP) is 4.73. The van der Waals surface area contributed by atoms with Crippen LogP contribution in [0, 0.1) is 15.9 Å². The minimum Gasteiger partial charge on any atom is -0.477 e. The fraction of sp³-hybridized carbons (Fsp3) is 0.105. The van der Waals surface area contributed by atoms with Crippen LogP contribution < -0.4 is 10.1 Å². The molecule has 1 unspecified atom stereocenters. The van der Waals surface area contributed by atoms with Crippen LogP contribution in [0.15, 0.2) is 60.0 Å². The molecule has 0 aliphatic rings. The molecule has 0 spiro atoms. The SMILES string of the molecule is O=C(COc1ccc(Cl)cc1[N+](=O)[O-])NC(c1ccc(F)cc1)c1cccs1. The van der Waals surface area contributed by atoms with Crippen LogP contribution in [-0.4, -0.2) is 17.4 Å². The number of hydrogen-bond acceptors (Lipinski definition) is 5. The van der Waals surface area contributed by atoms with Crippen molar-refractivity contribution in [1.29, 1.82) is 0 Å². The number of hydrogen-bond donors (Lipinski definition) is 1.